The second kappa shape index (κ2) is 8.00. The third-order valence-electron chi connectivity index (χ3n) is 4.17. The minimum Gasteiger partial charge on any atom is -0.495 e. The molecule has 0 fully saturated rings. The van der Waals surface area contributed by atoms with Crippen LogP contribution in [0.25, 0.3) is 11.1 Å². The Labute approximate surface area is 168 Å². The molecule has 0 saturated carbocycles. The van der Waals surface area contributed by atoms with E-state index in [2.05, 4.69) is 5.32 Å². The molecule has 1 N–H and O–H groups in total. The van der Waals surface area contributed by atoms with Gasteiger partial charge in [0.2, 0.25) is 0 Å². The van der Waals surface area contributed by atoms with Gasteiger partial charge < -0.3 is 10.1 Å². The molecule has 0 aliphatic rings. The van der Waals surface area contributed by atoms with E-state index in [0.29, 0.717) is 17.5 Å². The molecule has 150 valence electrons. The van der Waals surface area contributed by atoms with E-state index in [0.717, 1.165) is 17.2 Å². The van der Waals surface area contributed by atoms with Crippen molar-refractivity contribution in [2.24, 2.45) is 0 Å². The Bertz CT molecular complexity index is 1060. The summed E-state index contributed by atoms with van der Waals surface area (Å²) < 4.78 is 44.4. The van der Waals surface area contributed by atoms with Gasteiger partial charge in [-0.2, -0.15) is 13.2 Å². The molecule has 5 nitrogen and oxygen atoms in total. The van der Waals surface area contributed by atoms with Crippen molar-refractivity contribution < 1.29 is 22.8 Å². The monoisotopic (exact) mass is 422 g/mol. The highest BCUT2D eigenvalue weighted by Gasteiger charge is 2.36. The number of ether oxygens (including phenoxy) is 1. The number of hydrogen-bond donors (Lipinski definition) is 1. The maximum absolute atomic E-state index is 13.0. The number of halogens is 4. The fourth-order valence-electron chi connectivity index (χ4n) is 2.78. The molecule has 0 bridgehead atoms. The molecule has 0 atom stereocenters. The highest BCUT2D eigenvalue weighted by atomic mass is 35.5. The Morgan fingerprint density at radius 2 is 1.69 bits per heavy atom. The van der Waals surface area contributed by atoms with E-state index in [4.69, 9.17) is 16.3 Å². The number of hydrogen-bond acceptors (Lipinski definition) is 4. The molecule has 0 aliphatic heterocycles. The quantitative estimate of drug-likeness (QED) is 0.367. The molecule has 0 aliphatic carbocycles. The van der Waals surface area contributed by atoms with Crippen molar-refractivity contribution in [2.45, 2.75) is 6.18 Å². The lowest BCUT2D eigenvalue weighted by Crippen LogP contribution is -2.08. The largest absolute Gasteiger partial charge is 0.495 e. The maximum Gasteiger partial charge on any atom is 0.418 e. The third kappa shape index (κ3) is 4.43. The molecular formula is C20H14ClF3N2O3. The van der Waals surface area contributed by atoms with Crippen LogP contribution in [0.3, 0.4) is 0 Å². The number of nitro benzene ring substituents is 1. The van der Waals surface area contributed by atoms with Crippen molar-refractivity contribution in [3.05, 3.63) is 81.4 Å². The molecule has 0 aromatic heterocycles. The first-order valence-electron chi connectivity index (χ1n) is 8.26. The molecule has 0 unspecified atom stereocenters. The summed E-state index contributed by atoms with van der Waals surface area (Å²) in [6, 6.07) is 15.8. The molecule has 3 aromatic rings. The molecule has 29 heavy (non-hydrogen) atoms. The van der Waals surface area contributed by atoms with E-state index in [1.54, 1.807) is 18.2 Å². The van der Waals surface area contributed by atoms with Gasteiger partial charge in [0, 0.05) is 6.07 Å². The first-order chi connectivity index (χ1) is 13.7. The van der Waals surface area contributed by atoms with Gasteiger partial charge in [0.25, 0.3) is 5.69 Å². The normalized spacial score (nSPS) is 11.2. The molecule has 9 heteroatoms. The van der Waals surface area contributed by atoms with Gasteiger partial charge in [0.15, 0.2) is 0 Å². The highest BCUT2D eigenvalue weighted by molar-refractivity contribution is 6.32. The fourth-order valence-corrected chi connectivity index (χ4v) is 3.05. The van der Waals surface area contributed by atoms with Gasteiger partial charge in [-0.05, 0) is 29.3 Å². The first-order valence-corrected chi connectivity index (χ1v) is 8.64. The number of nitro groups is 1. The average Bonchev–Trinajstić information content (AvgIpc) is 2.67. The minimum absolute atomic E-state index is 0.182. The SMILES string of the molecule is COc1cc(-c2ccccc2)ccc1Nc1cc(Cl)c(C(F)(F)F)cc1[N+](=O)[O-]. The Kier molecular flexibility index (Phi) is 5.65. The number of nitrogens with one attached hydrogen (secondary N) is 1. The zero-order chi connectivity index (χ0) is 21.2. The van der Waals surface area contributed by atoms with Crippen LogP contribution in [0.2, 0.25) is 5.02 Å². The summed E-state index contributed by atoms with van der Waals surface area (Å²) in [4.78, 5) is 10.4. The third-order valence-corrected chi connectivity index (χ3v) is 4.48. The molecule has 0 amide bonds. The van der Waals surface area contributed by atoms with Crippen LogP contribution in [-0.2, 0) is 6.18 Å². The Morgan fingerprint density at radius 1 is 1.00 bits per heavy atom. The van der Waals surface area contributed by atoms with Crippen LogP contribution in [0.15, 0.2) is 60.7 Å². The number of anilines is 2. The lowest BCUT2D eigenvalue weighted by Gasteiger charge is -2.15. The van der Waals surface area contributed by atoms with Crippen molar-refractivity contribution in [1.29, 1.82) is 0 Å². The van der Waals surface area contributed by atoms with Crippen molar-refractivity contribution >= 4 is 28.7 Å². The van der Waals surface area contributed by atoms with Crippen molar-refractivity contribution in [1.82, 2.24) is 0 Å². The van der Waals surface area contributed by atoms with Crippen LogP contribution in [0.4, 0.5) is 30.2 Å². The van der Waals surface area contributed by atoms with E-state index in [1.807, 2.05) is 30.3 Å². The van der Waals surface area contributed by atoms with Gasteiger partial charge in [-0.25, -0.2) is 0 Å². The molecular weight excluding hydrogens is 409 g/mol. The number of alkyl halides is 3. The van der Waals surface area contributed by atoms with Gasteiger partial charge in [0.05, 0.1) is 28.3 Å². The summed E-state index contributed by atoms with van der Waals surface area (Å²) in [7, 11) is 1.42. The minimum atomic E-state index is -4.81. The first kappa shape index (κ1) is 20.5. The summed E-state index contributed by atoms with van der Waals surface area (Å²) >= 11 is 5.72. The number of methoxy groups -OCH3 is 1. The van der Waals surface area contributed by atoms with Gasteiger partial charge in [-0.1, -0.05) is 48.0 Å². The van der Waals surface area contributed by atoms with Crippen molar-refractivity contribution in [2.75, 3.05) is 12.4 Å². The van der Waals surface area contributed by atoms with Crippen LogP contribution in [0.1, 0.15) is 5.56 Å². The predicted octanol–water partition coefficient (Wildman–Crippen LogP) is 6.69. The zero-order valence-corrected chi connectivity index (χ0v) is 15.7. The predicted molar refractivity (Wildman–Crippen MR) is 105 cm³/mol. The van der Waals surface area contributed by atoms with E-state index in [1.165, 1.54) is 7.11 Å². The smallest absolute Gasteiger partial charge is 0.418 e. The van der Waals surface area contributed by atoms with Crippen LogP contribution in [0.5, 0.6) is 5.75 Å². The lowest BCUT2D eigenvalue weighted by atomic mass is 10.0. The van der Waals surface area contributed by atoms with Crippen molar-refractivity contribution in [3.8, 4) is 16.9 Å². The average molecular weight is 423 g/mol. The second-order valence-corrected chi connectivity index (χ2v) is 6.42. The maximum atomic E-state index is 13.0. The molecule has 0 saturated heterocycles. The summed E-state index contributed by atoms with van der Waals surface area (Å²) in [6.07, 6.45) is -4.81. The standard InChI is InChI=1S/C20H14ClF3N2O3/c1-29-19-9-13(12-5-3-2-4-6-12)7-8-16(19)25-17-11-15(21)14(20(22,23)24)10-18(17)26(27)28/h2-11,25H,1H3. The Morgan fingerprint density at radius 3 is 2.28 bits per heavy atom. The van der Waals surface area contributed by atoms with Gasteiger partial charge in [-0.3, -0.25) is 10.1 Å². The summed E-state index contributed by atoms with van der Waals surface area (Å²) in [5, 5.41) is 13.4. The zero-order valence-electron chi connectivity index (χ0n) is 15.0. The molecule has 0 spiro atoms. The molecule has 0 radical (unpaired) electrons. The van der Waals surface area contributed by atoms with Crippen molar-refractivity contribution in [3.63, 3.8) is 0 Å². The topological polar surface area (TPSA) is 64.4 Å². The molecule has 0 heterocycles. The van der Waals surface area contributed by atoms with Crippen LogP contribution < -0.4 is 10.1 Å². The summed E-state index contributed by atoms with van der Waals surface area (Å²) in [6.45, 7) is 0. The van der Waals surface area contributed by atoms with E-state index in [-0.39, 0.29) is 5.69 Å². The number of nitrogens with zero attached hydrogens (tertiary/aromatic N) is 1. The van der Waals surface area contributed by atoms with Gasteiger partial charge in [0.1, 0.15) is 11.4 Å². The van der Waals surface area contributed by atoms with Gasteiger partial charge in [-0.15, -0.1) is 0 Å². The fraction of sp³-hybridized carbons (Fsp3) is 0.100. The summed E-state index contributed by atoms with van der Waals surface area (Å²) in [5.41, 5.74) is -0.0996. The van der Waals surface area contributed by atoms with Crippen LogP contribution in [-0.4, -0.2) is 12.0 Å². The van der Waals surface area contributed by atoms with Crippen LogP contribution >= 0.6 is 11.6 Å². The van der Waals surface area contributed by atoms with Crippen LogP contribution in [0, 0.1) is 10.1 Å². The summed E-state index contributed by atoms with van der Waals surface area (Å²) in [5.74, 6) is 0.358. The molecule has 3 rings (SSSR count). The molecule has 3 aromatic carbocycles. The van der Waals surface area contributed by atoms with E-state index >= 15 is 0 Å². The van der Waals surface area contributed by atoms with E-state index in [9.17, 15) is 23.3 Å². The lowest BCUT2D eigenvalue weighted by molar-refractivity contribution is -0.384. The Hall–Kier alpha value is -3.26. The number of benzene rings is 3. The second-order valence-electron chi connectivity index (χ2n) is 6.01. The highest BCUT2D eigenvalue weighted by Crippen LogP contribution is 2.42. The van der Waals surface area contributed by atoms with Gasteiger partial charge >= 0.3 is 6.18 Å². The van der Waals surface area contributed by atoms with E-state index < -0.39 is 27.4 Å². The Balaban J connectivity index is 2.03. The number of rotatable bonds is 5.